The second-order valence-corrected chi connectivity index (χ2v) is 3.45. The van der Waals surface area contributed by atoms with Crippen molar-refractivity contribution >= 4 is 6.09 Å². The maximum absolute atomic E-state index is 13.0. The van der Waals surface area contributed by atoms with Gasteiger partial charge in [-0.25, -0.2) is 13.6 Å². The van der Waals surface area contributed by atoms with Crippen molar-refractivity contribution < 1.29 is 23.5 Å². The summed E-state index contributed by atoms with van der Waals surface area (Å²) in [4.78, 5) is 15.6. The van der Waals surface area contributed by atoms with Crippen LogP contribution in [0.1, 0.15) is 18.0 Å². The number of nitrogens with zero attached hydrogens (tertiary/aromatic N) is 1. The number of amides is 1. The summed E-state index contributed by atoms with van der Waals surface area (Å²) in [5, 5.41) is 9.51. The molecule has 1 aliphatic rings. The Morgan fingerprint density at radius 3 is 2.56 bits per heavy atom. The molecule has 4 nitrogen and oxygen atoms in total. The lowest BCUT2D eigenvalue weighted by Gasteiger charge is -2.19. The molecule has 16 heavy (non-hydrogen) atoms. The van der Waals surface area contributed by atoms with E-state index in [0.717, 1.165) is 18.2 Å². The second kappa shape index (κ2) is 4.05. The number of hydroxylamine groups is 2. The van der Waals surface area contributed by atoms with E-state index >= 15 is 0 Å². The van der Waals surface area contributed by atoms with E-state index in [0.29, 0.717) is 11.5 Å². The fourth-order valence-corrected chi connectivity index (χ4v) is 1.73. The number of carboxylic acid groups (broad SMARTS) is 1. The van der Waals surface area contributed by atoms with Crippen molar-refractivity contribution in [2.24, 2.45) is 0 Å². The molecule has 86 valence electrons. The lowest BCUT2D eigenvalue weighted by atomic mass is 10.0. The van der Waals surface area contributed by atoms with E-state index in [9.17, 15) is 13.6 Å². The summed E-state index contributed by atoms with van der Waals surface area (Å²) in [7, 11) is 0. The molecule has 0 spiro atoms. The highest BCUT2D eigenvalue weighted by Crippen LogP contribution is 2.30. The van der Waals surface area contributed by atoms with Gasteiger partial charge in [0, 0.05) is 12.5 Å². The zero-order valence-corrected chi connectivity index (χ0v) is 8.19. The van der Waals surface area contributed by atoms with Gasteiger partial charge in [-0.15, -0.1) is 0 Å². The Morgan fingerprint density at radius 2 is 2.00 bits per heavy atom. The molecule has 1 aliphatic heterocycles. The Morgan fingerprint density at radius 1 is 1.38 bits per heavy atom. The first kappa shape index (κ1) is 10.8. The van der Waals surface area contributed by atoms with Gasteiger partial charge < -0.3 is 5.11 Å². The smallest absolute Gasteiger partial charge is 0.432 e. The lowest BCUT2D eigenvalue weighted by molar-refractivity contribution is -0.104. The fraction of sp³-hybridized carbons (Fsp3) is 0.300. The monoisotopic (exact) mass is 229 g/mol. The lowest BCUT2D eigenvalue weighted by Crippen LogP contribution is -2.27. The molecule has 0 bridgehead atoms. The van der Waals surface area contributed by atoms with E-state index in [4.69, 9.17) is 9.94 Å². The molecule has 1 atom stereocenters. The number of hydrogen-bond donors (Lipinski definition) is 1. The molecule has 0 aliphatic carbocycles. The van der Waals surface area contributed by atoms with E-state index in [2.05, 4.69) is 0 Å². The standard InChI is InChI=1S/C10H9F2NO3/c11-7-3-6(4-8(12)5-7)9-1-2-16-13(9)10(14)15/h3-5,9H,1-2H2,(H,14,15)/t9-/m0/s1. The fourth-order valence-electron chi connectivity index (χ4n) is 1.73. The number of benzene rings is 1. The van der Waals surface area contributed by atoms with Crippen molar-refractivity contribution in [3.8, 4) is 0 Å². The first-order chi connectivity index (χ1) is 7.58. The van der Waals surface area contributed by atoms with E-state index in [-0.39, 0.29) is 12.2 Å². The molecule has 1 heterocycles. The van der Waals surface area contributed by atoms with E-state index < -0.39 is 23.8 Å². The number of rotatable bonds is 1. The van der Waals surface area contributed by atoms with Gasteiger partial charge in [-0.1, -0.05) is 0 Å². The van der Waals surface area contributed by atoms with E-state index in [1.165, 1.54) is 0 Å². The third-order valence-electron chi connectivity index (χ3n) is 2.36. The summed E-state index contributed by atoms with van der Waals surface area (Å²) in [5.41, 5.74) is 0.261. The molecule has 0 radical (unpaired) electrons. The normalized spacial score (nSPS) is 20.1. The topological polar surface area (TPSA) is 49.8 Å². The van der Waals surface area contributed by atoms with Gasteiger partial charge in [0.05, 0.1) is 12.6 Å². The Bertz CT molecular complexity index is 404. The predicted octanol–water partition coefficient (Wildman–Crippen LogP) is 2.32. The van der Waals surface area contributed by atoms with E-state index in [1.54, 1.807) is 0 Å². The molecule has 0 saturated carbocycles. The Kier molecular flexibility index (Phi) is 2.74. The van der Waals surface area contributed by atoms with Gasteiger partial charge in [0.1, 0.15) is 11.6 Å². The van der Waals surface area contributed by atoms with Crippen molar-refractivity contribution in [2.75, 3.05) is 6.61 Å². The second-order valence-electron chi connectivity index (χ2n) is 3.45. The Hall–Kier alpha value is -1.69. The molecular weight excluding hydrogens is 220 g/mol. The molecule has 1 saturated heterocycles. The van der Waals surface area contributed by atoms with Crippen LogP contribution >= 0.6 is 0 Å². The zero-order valence-electron chi connectivity index (χ0n) is 8.19. The van der Waals surface area contributed by atoms with Gasteiger partial charge in [0.15, 0.2) is 0 Å². The van der Waals surface area contributed by atoms with Crippen LogP contribution in [0.2, 0.25) is 0 Å². The average molecular weight is 229 g/mol. The van der Waals surface area contributed by atoms with Crippen molar-refractivity contribution in [3.63, 3.8) is 0 Å². The minimum absolute atomic E-state index is 0.217. The molecule has 1 aromatic rings. The third kappa shape index (κ3) is 1.96. The Balaban J connectivity index is 2.32. The molecule has 2 rings (SSSR count). The van der Waals surface area contributed by atoms with Gasteiger partial charge in [0.2, 0.25) is 0 Å². The summed E-state index contributed by atoms with van der Waals surface area (Å²) >= 11 is 0. The van der Waals surface area contributed by atoms with Crippen molar-refractivity contribution in [2.45, 2.75) is 12.5 Å². The van der Waals surface area contributed by atoms with Crippen molar-refractivity contribution in [1.82, 2.24) is 5.06 Å². The molecule has 1 N–H and O–H groups in total. The number of halogens is 2. The highest BCUT2D eigenvalue weighted by Gasteiger charge is 2.32. The van der Waals surface area contributed by atoms with Crippen LogP contribution in [-0.2, 0) is 4.84 Å². The summed E-state index contributed by atoms with van der Waals surface area (Å²) in [6.45, 7) is 0.217. The van der Waals surface area contributed by atoms with Gasteiger partial charge in [-0.2, -0.15) is 5.06 Å². The van der Waals surface area contributed by atoms with Gasteiger partial charge in [0.25, 0.3) is 0 Å². The molecule has 6 heteroatoms. The number of carbonyl (C=O) groups is 1. The first-order valence-corrected chi connectivity index (χ1v) is 4.69. The van der Waals surface area contributed by atoms with Gasteiger partial charge in [-0.05, 0) is 17.7 Å². The highest BCUT2D eigenvalue weighted by molar-refractivity contribution is 5.64. The zero-order chi connectivity index (χ0) is 11.7. The summed E-state index contributed by atoms with van der Waals surface area (Å²) in [6, 6.07) is 2.31. The SMILES string of the molecule is O=C(O)N1OCC[C@H]1c1cc(F)cc(F)c1. The van der Waals surface area contributed by atoms with Crippen LogP contribution in [0.25, 0.3) is 0 Å². The van der Waals surface area contributed by atoms with Crippen LogP contribution in [0.4, 0.5) is 13.6 Å². The van der Waals surface area contributed by atoms with Gasteiger partial charge >= 0.3 is 6.09 Å². The maximum Gasteiger partial charge on any atom is 0.432 e. The third-order valence-corrected chi connectivity index (χ3v) is 2.36. The predicted molar refractivity (Wildman–Crippen MR) is 49.5 cm³/mol. The van der Waals surface area contributed by atoms with Crippen LogP contribution in [0.5, 0.6) is 0 Å². The van der Waals surface area contributed by atoms with Crippen LogP contribution in [0.15, 0.2) is 18.2 Å². The molecule has 1 amide bonds. The molecule has 0 aromatic heterocycles. The number of hydrogen-bond acceptors (Lipinski definition) is 2. The molecule has 0 unspecified atom stereocenters. The largest absolute Gasteiger partial charge is 0.463 e. The Labute approximate surface area is 90.0 Å². The molecule has 1 fully saturated rings. The first-order valence-electron chi connectivity index (χ1n) is 4.69. The summed E-state index contributed by atoms with van der Waals surface area (Å²) < 4.78 is 25.9. The van der Waals surface area contributed by atoms with Crippen LogP contribution < -0.4 is 0 Å². The van der Waals surface area contributed by atoms with Crippen LogP contribution in [0, 0.1) is 11.6 Å². The summed E-state index contributed by atoms with van der Waals surface area (Å²) in [6.07, 6.45) is -0.887. The molecule has 1 aromatic carbocycles. The van der Waals surface area contributed by atoms with Crippen LogP contribution in [-0.4, -0.2) is 22.9 Å². The van der Waals surface area contributed by atoms with Crippen molar-refractivity contribution in [1.29, 1.82) is 0 Å². The van der Waals surface area contributed by atoms with Crippen molar-refractivity contribution in [3.05, 3.63) is 35.4 Å². The highest BCUT2D eigenvalue weighted by atomic mass is 19.1. The molecular formula is C10H9F2NO3. The van der Waals surface area contributed by atoms with Gasteiger partial charge in [-0.3, -0.25) is 4.84 Å². The maximum atomic E-state index is 13.0. The van der Waals surface area contributed by atoms with Crippen LogP contribution in [0.3, 0.4) is 0 Å². The average Bonchev–Trinajstić information content (AvgIpc) is 2.63. The minimum Gasteiger partial charge on any atom is -0.463 e. The quantitative estimate of drug-likeness (QED) is 0.803. The minimum atomic E-state index is -1.27. The van der Waals surface area contributed by atoms with E-state index in [1.807, 2.05) is 0 Å². The summed E-state index contributed by atoms with van der Waals surface area (Å²) in [5.74, 6) is -1.46.